The molecule has 6 heteroatoms. The number of carbonyl (C=O) groups excluding carboxylic acids is 2. The molecule has 2 aromatic carbocycles. The lowest BCUT2D eigenvalue weighted by Crippen LogP contribution is -2.45. The molecule has 0 bridgehead atoms. The summed E-state index contributed by atoms with van der Waals surface area (Å²) in [7, 11) is 0. The zero-order valence-electron chi connectivity index (χ0n) is 17.5. The van der Waals surface area contributed by atoms with Crippen LogP contribution in [0.4, 0.5) is 5.69 Å². The predicted octanol–water partition coefficient (Wildman–Crippen LogP) is 3.42. The van der Waals surface area contributed by atoms with Crippen molar-refractivity contribution in [3.63, 3.8) is 0 Å². The molecular weight excluding hydrogens is 368 g/mol. The number of nitrogens with one attached hydrogen (secondary N) is 1. The van der Waals surface area contributed by atoms with Crippen LogP contribution >= 0.6 is 0 Å². The molecule has 0 radical (unpaired) electrons. The van der Waals surface area contributed by atoms with Crippen LogP contribution in [0.2, 0.25) is 0 Å². The molecule has 0 aromatic heterocycles. The third-order valence-corrected chi connectivity index (χ3v) is 4.82. The van der Waals surface area contributed by atoms with Gasteiger partial charge in [-0.15, -0.1) is 0 Å². The Morgan fingerprint density at radius 2 is 1.97 bits per heavy atom. The molecule has 29 heavy (non-hydrogen) atoms. The molecule has 0 aliphatic carbocycles. The van der Waals surface area contributed by atoms with E-state index >= 15 is 0 Å². The van der Waals surface area contributed by atoms with E-state index in [1.165, 1.54) is 4.90 Å². The van der Waals surface area contributed by atoms with Gasteiger partial charge in [-0.2, -0.15) is 0 Å². The van der Waals surface area contributed by atoms with Gasteiger partial charge in [0.25, 0.3) is 5.91 Å². The number of hydrogen-bond donors (Lipinski definition) is 1. The molecule has 1 N–H and O–H groups in total. The molecule has 2 aromatic rings. The molecular formula is C23H28N2O4. The van der Waals surface area contributed by atoms with Gasteiger partial charge in [0.15, 0.2) is 6.61 Å². The number of rotatable bonds is 6. The maximum atomic E-state index is 12.6. The summed E-state index contributed by atoms with van der Waals surface area (Å²) < 4.78 is 11.1. The van der Waals surface area contributed by atoms with Gasteiger partial charge in [-0.1, -0.05) is 45.0 Å². The number of anilines is 1. The first-order chi connectivity index (χ1) is 13.8. The van der Waals surface area contributed by atoms with Gasteiger partial charge in [0.1, 0.15) is 18.0 Å². The van der Waals surface area contributed by atoms with Crippen molar-refractivity contribution in [2.75, 3.05) is 24.7 Å². The number of para-hydroxylation sites is 1. The van der Waals surface area contributed by atoms with Crippen molar-refractivity contribution in [3.8, 4) is 11.5 Å². The minimum Gasteiger partial charge on any atom is -0.494 e. The Bertz CT molecular complexity index is 902. The second kappa shape index (κ2) is 8.55. The molecule has 1 aliphatic heterocycles. The van der Waals surface area contributed by atoms with Crippen LogP contribution in [0, 0.1) is 0 Å². The van der Waals surface area contributed by atoms with Crippen molar-refractivity contribution in [1.29, 1.82) is 0 Å². The van der Waals surface area contributed by atoms with E-state index in [-0.39, 0.29) is 30.4 Å². The van der Waals surface area contributed by atoms with Gasteiger partial charge in [-0.25, -0.2) is 0 Å². The summed E-state index contributed by atoms with van der Waals surface area (Å²) in [6.07, 6.45) is 0. The molecule has 154 valence electrons. The number of benzene rings is 2. The summed E-state index contributed by atoms with van der Waals surface area (Å²) in [4.78, 5) is 26.6. The second-order valence-corrected chi connectivity index (χ2v) is 8.02. The summed E-state index contributed by atoms with van der Waals surface area (Å²) in [5.41, 5.74) is 2.53. The average Bonchev–Trinajstić information content (AvgIpc) is 2.68. The molecule has 1 aliphatic rings. The maximum absolute atomic E-state index is 12.6. The van der Waals surface area contributed by atoms with Gasteiger partial charge in [0, 0.05) is 12.1 Å². The van der Waals surface area contributed by atoms with Gasteiger partial charge in [0.2, 0.25) is 5.91 Å². The van der Waals surface area contributed by atoms with Crippen LogP contribution in [-0.4, -0.2) is 31.6 Å². The molecule has 6 nitrogen and oxygen atoms in total. The van der Waals surface area contributed by atoms with Crippen molar-refractivity contribution >= 4 is 17.5 Å². The van der Waals surface area contributed by atoms with E-state index in [0.29, 0.717) is 24.6 Å². The summed E-state index contributed by atoms with van der Waals surface area (Å²) in [6, 6.07) is 13.4. The first-order valence-electron chi connectivity index (χ1n) is 9.84. The molecule has 1 heterocycles. The first kappa shape index (κ1) is 20.7. The fraction of sp³-hybridized carbons (Fsp3) is 0.391. The van der Waals surface area contributed by atoms with Gasteiger partial charge >= 0.3 is 0 Å². The number of amides is 2. The highest BCUT2D eigenvalue weighted by Gasteiger charge is 2.29. The minimum atomic E-state index is -0.237. The molecule has 2 amide bonds. The highest BCUT2D eigenvalue weighted by atomic mass is 16.5. The maximum Gasteiger partial charge on any atom is 0.265 e. The summed E-state index contributed by atoms with van der Waals surface area (Å²) in [6.45, 7) is 9.00. The highest BCUT2D eigenvalue weighted by molar-refractivity contribution is 6.02. The van der Waals surface area contributed by atoms with Crippen LogP contribution in [0.15, 0.2) is 42.5 Å². The number of carbonyl (C=O) groups is 2. The Labute approximate surface area is 171 Å². The minimum absolute atomic E-state index is 0.0560. The normalized spacial score (nSPS) is 13.5. The van der Waals surface area contributed by atoms with Crippen LogP contribution in [-0.2, 0) is 21.5 Å². The zero-order chi connectivity index (χ0) is 21.0. The molecule has 0 fully saturated rings. The Morgan fingerprint density at radius 1 is 1.21 bits per heavy atom. The first-order valence-corrected chi connectivity index (χ1v) is 9.84. The summed E-state index contributed by atoms with van der Waals surface area (Å²) >= 11 is 0. The molecule has 3 rings (SSSR count). The van der Waals surface area contributed by atoms with Crippen LogP contribution in [0.3, 0.4) is 0 Å². The van der Waals surface area contributed by atoms with E-state index < -0.39 is 0 Å². The molecule has 0 spiro atoms. The van der Waals surface area contributed by atoms with E-state index in [4.69, 9.17) is 9.47 Å². The van der Waals surface area contributed by atoms with E-state index in [1.807, 2.05) is 49.4 Å². The van der Waals surface area contributed by atoms with E-state index in [0.717, 1.165) is 16.9 Å². The fourth-order valence-electron chi connectivity index (χ4n) is 3.18. The Kier molecular flexibility index (Phi) is 6.11. The zero-order valence-corrected chi connectivity index (χ0v) is 17.5. The van der Waals surface area contributed by atoms with Crippen LogP contribution in [0.25, 0.3) is 0 Å². The smallest absolute Gasteiger partial charge is 0.265 e. The standard InChI is InChI=1S/C23H28N2O4/c1-5-28-19-9-7-6-8-16(19)13-24-21(26)14-25-18-12-17(23(2,3)4)10-11-20(18)29-15-22(25)27/h6-12H,5,13-15H2,1-4H3,(H,24,26). The Morgan fingerprint density at radius 3 is 2.69 bits per heavy atom. The van der Waals surface area contributed by atoms with Crippen molar-refractivity contribution in [3.05, 3.63) is 53.6 Å². The largest absolute Gasteiger partial charge is 0.494 e. The van der Waals surface area contributed by atoms with Crippen molar-refractivity contribution in [2.45, 2.75) is 39.7 Å². The SMILES string of the molecule is CCOc1ccccc1CNC(=O)CN1C(=O)COc2ccc(C(C)(C)C)cc21. The lowest BCUT2D eigenvalue weighted by atomic mass is 9.86. The Hall–Kier alpha value is -3.02. The monoisotopic (exact) mass is 396 g/mol. The molecule has 0 atom stereocenters. The lowest BCUT2D eigenvalue weighted by Gasteiger charge is -2.31. The average molecular weight is 396 g/mol. The molecule has 0 unspecified atom stereocenters. The van der Waals surface area contributed by atoms with Crippen molar-refractivity contribution < 1.29 is 19.1 Å². The van der Waals surface area contributed by atoms with Crippen LogP contribution in [0.5, 0.6) is 11.5 Å². The van der Waals surface area contributed by atoms with E-state index in [9.17, 15) is 9.59 Å². The number of fused-ring (bicyclic) bond motifs is 1. The van der Waals surface area contributed by atoms with Gasteiger partial charge in [-0.3, -0.25) is 14.5 Å². The topological polar surface area (TPSA) is 67.9 Å². The Balaban J connectivity index is 1.73. The van der Waals surface area contributed by atoms with Gasteiger partial charge in [0.05, 0.1) is 12.3 Å². The van der Waals surface area contributed by atoms with E-state index in [2.05, 4.69) is 26.1 Å². The fourth-order valence-corrected chi connectivity index (χ4v) is 3.18. The van der Waals surface area contributed by atoms with E-state index in [1.54, 1.807) is 0 Å². The van der Waals surface area contributed by atoms with Crippen LogP contribution < -0.4 is 19.7 Å². The third kappa shape index (κ3) is 4.88. The number of nitrogens with zero attached hydrogens (tertiary/aromatic N) is 1. The van der Waals surface area contributed by atoms with Crippen LogP contribution in [0.1, 0.15) is 38.8 Å². The molecule has 0 saturated carbocycles. The predicted molar refractivity (Wildman–Crippen MR) is 112 cm³/mol. The quantitative estimate of drug-likeness (QED) is 0.812. The summed E-state index contributed by atoms with van der Waals surface area (Å²) in [5.74, 6) is 0.900. The van der Waals surface area contributed by atoms with Gasteiger partial charge in [-0.05, 0) is 36.1 Å². The highest BCUT2D eigenvalue weighted by Crippen LogP contribution is 2.36. The number of ether oxygens (including phenoxy) is 2. The molecule has 0 saturated heterocycles. The van der Waals surface area contributed by atoms with Crippen molar-refractivity contribution in [1.82, 2.24) is 5.32 Å². The summed E-state index contributed by atoms with van der Waals surface area (Å²) in [5, 5.41) is 2.89. The lowest BCUT2D eigenvalue weighted by molar-refractivity contribution is -0.125. The third-order valence-electron chi connectivity index (χ3n) is 4.82. The second-order valence-electron chi connectivity index (χ2n) is 8.02. The van der Waals surface area contributed by atoms with Gasteiger partial charge < -0.3 is 14.8 Å². The van der Waals surface area contributed by atoms with Crippen molar-refractivity contribution in [2.24, 2.45) is 0 Å². The number of hydrogen-bond acceptors (Lipinski definition) is 4.